The van der Waals surface area contributed by atoms with E-state index in [2.05, 4.69) is 15.5 Å². The van der Waals surface area contributed by atoms with Gasteiger partial charge in [0, 0.05) is 39.0 Å². The van der Waals surface area contributed by atoms with Crippen molar-refractivity contribution in [3.8, 4) is 0 Å². The quantitative estimate of drug-likeness (QED) is 0.713. The predicted octanol–water partition coefficient (Wildman–Crippen LogP) is 0.124. The maximum atomic E-state index is 11.7. The van der Waals surface area contributed by atoms with E-state index >= 15 is 0 Å². The minimum absolute atomic E-state index is 0.0959. The SMILES string of the molecule is O=C(CCC(=O)NCc1ccco1)NCCN1CCOCC1. The van der Waals surface area contributed by atoms with Crippen LogP contribution in [0.15, 0.2) is 22.8 Å². The Morgan fingerprint density at radius 2 is 1.86 bits per heavy atom. The van der Waals surface area contributed by atoms with E-state index in [0.717, 1.165) is 32.8 Å². The number of nitrogens with one attached hydrogen (secondary N) is 2. The van der Waals surface area contributed by atoms with E-state index in [1.165, 1.54) is 0 Å². The molecule has 0 radical (unpaired) electrons. The highest BCUT2D eigenvalue weighted by atomic mass is 16.5. The summed E-state index contributed by atoms with van der Waals surface area (Å²) in [5.41, 5.74) is 0. The Bertz CT molecular complexity index is 455. The van der Waals surface area contributed by atoms with Gasteiger partial charge in [-0.1, -0.05) is 0 Å². The molecule has 0 aliphatic carbocycles. The Morgan fingerprint density at radius 1 is 1.14 bits per heavy atom. The maximum absolute atomic E-state index is 11.7. The first kappa shape index (κ1) is 16.5. The first-order valence-corrected chi connectivity index (χ1v) is 7.60. The zero-order valence-corrected chi connectivity index (χ0v) is 12.7. The molecule has 0 atom stereocenters. The van der Waals surface area contributed by atoms with Crippen molar-refractivity contribution in [2.45, 2.75) is 19.4 Å². The number of carbonyl (C=O) groups is 2. The van der Waals surface area contributed by atoms with Crippen LogP contribution in [0.2, 0.25) is 0 Å². The number of hydrogen-bond donors (Lipinski definition) is 2. The van der Waals surface area contributed by atoms with E-state index in [0.29, 0.717) is 18.8 Å². The van der Waals surface area contributed by atoms with Crippen molar-refractivity contribution >= 4 is 11.8 Å². The summed E-state index contributed by atoms with van der Waals surface area (Å²) in [6, 6.07) is 3.56. The Hall–Kier alpha value is -1.86. The monoisotopic (exact) mass is 309 g/mol. The lowest BCUT2D eigenvalue weighted by Gasteiger charge is -2.26. The standard InChI is InChI=1S/C15H23N3O4/c19-14(16-5-6-18-7-10-21-11-8-18)3-4-15(20)17-12-13-2-1-9-22-13/h1-2,9H,3-8,10-12H2,(H,16,19)(H,17,20). The summed E-state index contributed by atoms with van der Waals surface area (Å²) in [7, 11) is 0. The summed E-state index contributed by atoms with van der Waals surface area (Å²) in [5, 5.41) is 5.55. The topological polar surface area (TPSA) is 83.8 Å². The summed E-state index contributed by atoms with van der Waals surface area (Å²) >= 11 is 0. The Balaban J connectivity index is 1.50. The molecule has 0 saturated carbocycles. The molecule has 122 valence electrons. The molecular weight excluding hydrogens is 286 g/mol. The number of carbonyl (C=O) groups excluding carboxylic acids is 2. The van der Waals surface area contributed by atoms with Crippen molar-refractivity contribution in [3.05, 3.63) is 24.2 Å². The normalized spacial score (nSPS) is 15.5. The second-order valence-corrected chi connectivity index (χ2v) is 5.16. The molecular formula is C15H23N3O4. The van der Waals surface area contributed by atoms with Gasteiger partial charge in [-0.05, 0) is 12.1 Å². The number of rotatable bonds is 8. The zero-order valence-electron chi connectivity index (χ0n) is 12.7. The van der Waals surface area contributed by atoms with Crippen LogP contribution < -0.4 is 10.6 Å². The summed E-state index contributed by atoms with van der Waals surface area (Å²) in [6.07, 6.45) is 1.95. The molecule has 2 heterocycles. The van der Waals surface area contributed by atoms with E-state index in [9.17, 15) is 9.59 Å². The number of amides is 2. The van der Waals surface area contributed by atoms with Crippen LogP contribution in [0, 0.1) is 0 Å². The lowest BCUT2D eigenvalue weighted by Crippen LogP contribution is -2.41. The van der Waals surface area contributed by atoms with Crippen LogP contribution in [0.5, 0.6) is 0 Å². The highest BCUT2D eigenvalue weighted by Crippen LogP contribution is 1.99. The third-order valence-corrected chi connectivity index (χ3v) is 3.47. The molecule has 1 fully saturated rings. The van der Waals surface area contributed by atoms with Crippen LogP contribution in [0.3, 0.4) is 0 Å². The lowest BCUT2D eigenvalue weighted by molar-refractivity contribution is -0.126. The highest BCUT2D eigenvalue weighted by Gasteiger charge is 2.11. The van der Waals surface area contributed by atoms with Gasteiger partial charge in [0.1, 0.15) is 5.76 Å². The summed E-state index contributed by atoms with van der Waals surface area (Å²) < 4.78 is 10.4. The van der Waals surface area contributed by atoms with E-state index in [1.807, 2.05) is 0 Å². The summed E-state index contributed by atoms with van der Waals surface area (Å²) in [5.74, 6) is 0.449. The molecule has 22 heavy (non-hydrogen) atoms. The van der Waals surface area contributed by atoms with Crippen LogP contribution in [-0.4, -0.2) is 56.1 Å². The second kappa shape index (κ2) is 9.22. The molecule has 0 unspecified atom stereocenters. The molecule has 2 amide bonds. The first-order valence-electron chi connectivity index (χ1n) is 7.60. The van der Waals surface area contributed by atoms with Crippen molar-refractivity contribution in [2.75, 3.05) is 39.4 Å². The minimum Gasteiger partial charge on any atom is -0.467 e. The van der Waals surface area contributed by atoms with Crippen LogP contribution in [0.1, 0.15) is 18.6 Å². The molecule has 1 aliphatic heterocycles. The molecule has 7 heteroatoms. The van der Waals surface area contributed by atoms with E-state index in [1.54, 1.807) is 18.4 Å². The van der Waals surface area contributed by atoms with Gasteiger partial charge in [-0.25, -0.2) is 0 Å². The number of morpholine rings is 1. The fourth-order valence-corrected chi connectivity index (χ4v) is 2.18. The number of hydrogen-bond acceptors (Lipinski definition) is 5. The maximum Gasteiger partial charge on any atom is 0.220 e. The molecule has 1 saturated heterocycles. The van der Waals surface area contributed by atoms with Gasteiger partial charge in [0.05, 0.1) is 26.0 Å². The van der Waals surface area contributed by atoms with E-state index in [4.69, 9.17) is 9.15 Å². The van der Waals surface area contributed by atoms with E-state index < -0.39 is 0 Å². The molecule has 0 spiro atoms. The van der Waals surface area contributed by atoms with Crippen molar-refractivity contribution in [2.24, 2.45) is 0 Å². The van der Waals surface area contributed by atoms with Crippen LogP contribution in [0.4, 0.5) is 0 Å². The minimum atomic E-state index is -0.153. The predicted molar refractivity (Wildman–Crippen MR) is 80.1 cm³/mol. The second-order valence-electron chi connectivity index (χ2n) is 5.16. The number of ether oxygens (including phenoxy) is 1. The molecule has 7 nitrogen and oxygen atoms in total. The molecule has 2 N–H and O–H groups in total. The molecule has 0 aromatic carbocycles. The molecule has 0 bridgehead atoms. The van der Waals surface area contributed by atoms with Crippen molar-refractivity contribution in [1.29, 1.82) is 0 Å². The fraction of sp³-hybridized carbons (Fsp3) is 0.600. The van der Waals surface area contributed by atoms with Crippen LogP contribution >= 0.6 is 0 Å². The fourth-order valence-electron chi connectivity index (χ4n) is 2.18. The summed E-state index contributed by atoms with van der Waals surface area (Å²) in [6.45, 7) is 5.10. The Labute approximate surface area is 130 Å². The van der Waals surface area contributed by atoms with Crippen molar-refractivity contribution in [3.63, 3.8) is 0 Å². The average Bonchev–Trinajstić information content (AvgIpc) is 3.05. The lowest BCUT2D eigenvalue weighted by atomic mass is 10.2. The molecule has 1 aromatic heterocycles. The van der Waals surface area contributed by atoms with Gasteiger partial charge in [-0.15, -0.1) is 0 Å². The van der Waals surface area contributed by atoms with Gasteiger partial charge in [0.15, 0.2) is 0 Å². The van der Waals surface area contributed by atoms with Gasteiger partial charge in [-0.3, -0.25) is 14.5 Å². The van der Waals surface area contributed by atoms with Crippen LogP contribution in [-0.2, 0) is 20.9 Å². The van der Waals surface area contributed by atoms with Crippen LogP contribution in [0.25, 0.3) is 0 Å². The third-order valence-electron chi connectivity index (χ3n) is 3.47. The van der Waals surface area contributed by atoms with Gasteiger partial charge >= 0.3 is 0 Å². The Morgan fingerprint density at radius 3 is 2.55 bits per heavy atom. The molecule has 2 rings (SSSR count). The zero-order chi connectivity index (χ0) is 15.6. The van der Waals surface area contributed by atoms with Gasteiger partial charge in [0.2, 0.25) is 11.8 Å². The summed E-state index contributed by atoms with van der Waals surface area (Å²) in [4.78, 5) is 25.5. The van der Waals surface area contributed by atoms with Crippen molar-refractivity contribution < 1.29 is 18.7 Å². The first-order chi connectivity index (χ1) is 10.7. The number of furan rings is 1. The van der Waals surface area contributed by atoms with Crippen molar-refractivity contribution in [1.82, 2.24) is 15.5 Å². The van der Waals surface area contributed by atoms with E-state index in [-0.39, 0.29) is 24.7 Å². The van der Waals surface area contributed by atoms with Gasteiger partial charge in [0.25, 0.3) is 0 Å². The number of nitrogens with zero attached hydrogens (tertiary/aromatic N) is 1. The molecule has 1 aromatic rings. The largest absolute Gasteiger partial charge is 0.467 e. The highest BCUT2D eigenvalue weighted by molar-refractivity contribution is 5.83. The molecule has 1 aliphatic rings. The Kier molecular flexibility index (Phi) is 6.92. The average molecular weight is 309 g/mol. The van der Waals surface area contributed by atoms with Gasteiger partial charge < -0.3 is 19.8 Å². The van der Waals surface area contributed by atoms with Gasteiger partial charge in [-0.2, -0.15) is 0 Å². The smallest absolute Gasteiger partial charge is 0.220 e. The third kappa shape index (κ3) is 6.28.